The number of benzene rings is 1. The molecular weight excluding hydrogens is 249 g/mol. The zero-order valence-corrected chi connectivity index (χ0v) is 11.3. The molecular formula is C14H18FNO3. The van der Waals surface area contributed by atoms with Gasteiger partial charge in [0.05, 0.1) is 0 Å². The number of aryl methyl sites for hydroxylation is 1. The van der Waals surface area contributed by atoms with E-state index in [1.807, 2.05) is 6.92 Å². The third-order valence-electron chi connectivity index (χ3n) is 2.86. The molecule has 0 aliphatic heterocycles. The molecule has 1 atom stereocenters. The Morgan fingerprint density at radius 2 is 2.05 bits per heavy atom. The van der Waals surface area contributed by atoms with Gasteiger partial charge in [-0.25, -0.2) is 9.18 Å². The molecule has 19 heavy (non-hydrogen) atoms. The van der Waals surface area contributed by atoms with Crippen LogP contribution in [0, 0.1) is 12.7 Å². The van der Waals surface area contributed by atoms with E-state index in [0.717, 1.165) is 5.56 Å². The van der Waals surface area contributed by atoms with Gasteiger partial charge in [-0.1, -0.05) is 24.6 Å². The van der Waals surface area contributed by atoms with Gasteiger partial charge in [0.2, 0.25) is 5.91 Å². The van der Waals surface area contributed by atoms with Gasteiger partial charge in [0, 0.05) is 19.0 Å². The molecule has 0 aromatic heterocycles. The quantitative estimate of drug-likeness (QED) is 0.891. The zero-order valence-electron chi connectivity index (χ0n) is 11.3. The summed E-state index contributed by atoms with van der Waals surface area (Å²) in [4.78, 5) is 24.2. The number of amides is 1. The van der Waals surface area contributed by atoms with Crippen LogP contribution in [-0.2, 0) is 9.59 Å². The van der Waals surface area contributed by atoms with Crippen molar-refractivity contribution in [1.82, 2.24) is 4.90 Å². The van der Waals surface area contributed by atoms with Crippen molar-refractivity contribution in [1.29, 1.82) is 0 Å². The maximum Gasteiger partial charge on any atom is 0.331 e. The van der Waals surface area contributed by atoms with Crippen LogP contribution in [0.4, 0.5) is 4.39 Å². The van der Waals surface area contributed by atoms with Gasteiger partial charge in [0.25, 0.3) is 0 Å². The second kappa shape index (κ2) is 6.31. The lowest BCUT2D eigenvalue weighted by Crippen LogP contribution is -2.38. The number of hydrogen-bond donors (Lipinski definition) is 1. The summed E-state index contributed by atoms with van der Waals surface area (Å²) in [6, 6.07) is 2.98. The van der Waals surface area contributed by atoms with Gasteiger partial charge < -0.3 is 10.0 Å². The Morgan fingerprint density at radius 3 is 2.53 bits per heavy atom. The minimum absolute atomic E-state index is 0.0242. The standard InChI is InChI=1S/C14H18FNO3/c1-4-7-16(10(3)17)13(14(18)19)11-8-9(2)5-6-12(11)15/h5-6,8,13H,4,7H2,1-3H3,(H,18,19). The molecule has 0 bridgehead atoms. The summed E-state index contributed by atoms with van der Waals surface area (Å²) >= 11 is 0. The number of hydrogen-bond acceptors (Lipinski definition) is 2. The molecule has 0 heterocycles. The highest BCUT2D eigenvalue weighted by Crippen LogP contribution is 2.25. The number of carboxylic acids is 1. The van der Waals surface area contributed by atoms with E-state index < -0.39 is 17.8 Å². The summed E-state index contributed by atoms with van der Waals surface area (Å²) in [6.07, 6.45) is 0.608. The molecule has 1 N–H and O–H groups in total. The number of carbonyl (C=O) groups excluding carboxylic acids is 1. The average molecular weight is 267 g/mol. The van der Waals surface area contributed by atoms with Crippen molar-refractivity contribution >= 4 is 11.9 Å². The van der Waals surface area contributed by atoms with Crippen LogP contribution in [0.2, 0.25) is 0 Å². The molecule has 1 aromatic rings. The topological polar surface area (TPSA) is 57.6 Å². The Bertz CT molecular complexity index is 488. The molecule has 1 rings (SSSR count). The van der Waals surface area contributed by atoms with Crippen molar-refractivity contribution in [3.05, 3.63) is 35.1 Å². The van der Waals surface area contributed by atoms with Crippen molar-refractivity contribution in [2.24, 2.45) is 0 Å². The first kappa shape index (κ1) is 15.1. The molecule has 1 aromatic carbocycles. The predicted molar refractivity (Wildman–Crippen MR) is 69.2 cm³/mol. The van der Waals surface area contributed by atoms with Crippen molar-refractivity contribution in [2.75, 3.05) is 6.54 Å². The summed E-state index contributed by atoms with van der Waals surface area (Å²) in [5.74, 6) is -2.22. The van der Waals surface area contributed by atoms with E-state index in [1.165, 1.54) is 24.0 Å². The smallest absolute Gasteiger partial charge is 0.331 e. The fraction of sp³-hybridized carbons (Fsp3) is 0.429. The highest BCUT2D eigenvalue weighted by atomic mass is 19.1. The lowest BCUT2D eigenvalue weighted by Gasteiger charge is -2.28. The lowest BCUT2D eigenvalue weighted by molar-refractivity contribution is -0.150. The molecule has 0 radical (unpaired) electrons. The molecule has 1 unspecified atom stereocenters. The molecule has 5 heteroatoms. The monoisotopic (exact) mass is 267 g/mol. The van der Waals surface area contributed by atoms with Gasteiger partial charge in [0.15, 0.2) is 6.04 Å². The van der Waals surface area contributed by atoms with E-state index in [1.54, 1.807) is 13.0 Å². The maximum absolute atomic E-state index is 13.8. The van der Waals surface area contributed by atoms with Crippen molar-refractivity contribution < 1.29 is 19.1 Å². The van der Waals surface area contributed by atoms with E-state index in [4.69, 9.17) is 0 Å². The number of carboxylic acid groups (broad SMARTS) is 1. The van der Waals surface area contributed by atoms with E-state index in [0.29, 0.717) is 6.42 Å². The van der Waals surface area contributed by atoms with Gasteiger partial charge in [0.1, 0.15) is 5.82 Å². The summed E-state index contributed by atoms with van der Waals surface area (Å²) in [7, 11) is 0. The number of aliphatic carboxylic acids is 1. The largest absolute Gasteiger partial charge is 0.479 e. The van der Waals surface area contributed by atoms with E-state index in [2.05, 4.69) is 0 Å². The van der Waals surface area contributed by atoms with Crippen LogP contribution in [0.1, 0.15) is 37.4 Å². The average Bonchev–Trinajstić information content (AvgIpc) is 2.32. The molecule has 0 saturated heterocycles. The summed E-state index contributed by atoms with van der Waals surface area (Å²) < 4.78 is 13.8. The Kier molecular flexibility index (Phi) is 5.03. The first-order valence-corrected chi connectivity index (χ1v) is 6.14. The maximum atomic E-state index is 13.8. The van der Waals surface area contributed by atoms with Crippen LogP contribution >= 0.6 is 0 Å². The summed E-state index contributed by atoms with van der Waals surface area (Å²) in [6.45, 7) is 5.15. The normalized spacial score (nSPS) is 12.0. The molecule has 0 saturated carbocycles. The van der Waals surface area contributed by atoms with Gasteiger partial charge in [-0.05, 0) is 19.4 Å². The van der Waals surface area contributed by atoms with Crippen LogP contribution in [-0.4, -0.2) is 28.4 Å². The summed E-state index contributed by atoms with van der Waals surface area (Å²) in [5, 5.41) is 9.33. The lowest BCUT2D eigenvalue weighted by atomic mass is 10.0. The molecule has 104 valence electrons. The van der Waals surface area contributed by atoms with Crippen molar-refractivity contribution in [3.8, 4) is 0 Å². The molecule has 0 aliphatic rings. The molecule has 0 spiro atoms. The van der Waals surface area contributed by atoms with Crippen LogP contribution in [0.15, 0.2) is 18.2 Å². The predicted octanol–water partition coefficient (Wildman–Crippen LogP) is 2.52. The fourth-order valence-electron chi connectivity index (χ4n) is 2.02. The van der Waals surface area contributed by atoms with Gasteiger partial charge in [-0.2, -0.15) is 0 Å². The Hall–Kier alpha value is -1.91. The highest BCUT2D eigenvalue weighted by Gasteiger charge is 2.31. The molecule has 1 amide bonds. The Balaban J connectivity index is 3.29. The van der Waals surface area contributed by atoms with Gasteiger partial charge in [-0.15, -0.1) is 0 Å². The van der Waals surface area contributed by atoms with Crippen LogP contribution in [0.25, 0.3) is 0 Å². The van der Waals surface area contributed by atoms with Crippen molar-refractivity contribution in [2.45, 2.75) is 33.2 Å². The highest BCUT2D eigenvalue weighted by molar-refractivity contribution is 5.83. The van der Waals surface area contributed by atoms with Gasteiger partial charge >= 0.3 is 5.97 Å². The third-order valence-corrected chi connectivity index (χ3v) is 2.86. The molecule has 0 fully saturated rings. The molecule has 0 aliphatic carbocycles. The SMILES string of the molecule is CCCN(C(C)=O)C(C(=O)O)c1cc(C)ccc1F. The second-order valence-electron chi connectivity index (χ2n) is 4.48. The molecule has 4 nitrogen and oxygen atoms in total. The zero-order chi connectivity index (χ0) is 14.6. The third kappa shape index (κ3) is 3.53. The van der Waals surface area contributed by atoms with E-state index in [-0.39, 0.29) is 18.0 Å². The number of nitrogens with zero attached hydrogens (tertiary/aromatic N) is 1. The Labute approximate surface area is 111 Å². The second-order valence-corrected chi connectivity index (χ2v) is 4.48. The van der Waals surface area contributed by atoms with Crippen LogP contribution < -0.4 is 0 Å². The first-order chi connectivity index (χ1) is 8.88. The summed E-state index contributed by atoms with van der Waals surface area (Å²) in [5.41, 5.74) is 0.777. The van der Waals surface area contributed by atoms with Crippen molar-refractivity contribution in [3.63, 3.8) is 0 Å². The van der Waals surface area contributed by atoms with E-state index in [9.17, 15) is 19.1 Å². The number of halogens is 1. The minimum atomic E-state index is -1.28. The fourth-order valence-corrected chi connectivity index (χ4v) is 2.02. The minimum Gasteiger partial charge on any atom is -0.479 e. The number of rotatable bonds is 5. The number of carbonyl (C=O) groups is 2. The van der Waals surface area contributed by atoms with Crippen LogP contribution in [0.5, 0.6) is 0 Å². The van der Waals surface area contributed by atoms with E-state index >= 15 is 0 Å². The Morgan fingerprint density at radius 1 is 1.42 bits per heavy atom. The van der Waals surface area contributed by atoms with Crippen LogP contribution in [0.3, 0.4) is 0 Å². The van der Waals surface area contributed by atoms with Gasteiger partial charge in [-0.3, -0.25) is 4.79 Å². The first-order valence-electron chi connectivity index (χ1n) is 6.14.